The largest absolute Gasteiger partial charge is 0.416 e. The third-order valence-electron chi connectivity index (χ3n) is 5.84. The van der Waals surface area contributed by atoms with Gasteiger partial charge in [0.1, 0.15) is 0 Å². The summed E-state index contributed by atoms with van der Waals surface area (Å²) in [6.45, 7) is 5.06. The van der Waals surface area contributed by atoms with E-state index < -0.39 is 17.6 Å². The van der Waals surface area contributed by atoms with Crippen LogP contribution in [0.2, 0.25) is 0 Å². The average molecular weight is 434 g/mol. The molecule has 168 valence electrons. The summed E-state index contributed by atoms with van der Waals surface area (Å²) >= 11 is 0. The number of rotatable bonds is 7. The molecule has 31 heavy (non-hydrogen) atoms. The maximum Gasteiger partial charge on any atom is 0.416 e. The van der Waals surface area contributed by atoms with E-state index in [9.17, 15) is 18.0 Å². The van der Waals surface area contributed by atoms with Crippen molar-refractivity contribution in [1.29, 1.82) is 0 Å². The Balaban J connectivity index is 1.77. The van der Waals surface area contributed by atoms with E-state index in [1.54, 1.807) is 0 Å². The molecule has 4 nitrogen and oxygen atoms in total. The molecule has 3 rings (SSSR count). The number of carbonyl (C=O) groups excluding carboxylic acids is 1. The van der Waals surface area contributed by atoms with E-state index in [4.69, 9.17) is 0 Å². The third-order valence-corrected chi connectivity index (χ3v) is 5.84. The highest BCUT2D eigenvalue weighted by atomic mass is 19.4. The first kappa shape index (κ1) is 23.3. The van der Waals surface area contributed by atoms with Gasteiger partial charge in [0, 0.05) is 30.4 Å². The van der Waals surface area contributed by atoms with Crippen molar-refractivity contribution < 1.29 is 18.0 Å². The summed E-state index contributed by atoms with van der Waals surface area (Å²) in [5.41, 5.74) is 2.63. The van der Waals surface area contributed by atoms with Gasteiger partial charge in [0.2, 0.25) is 0 Å². The van der Waals surface area contributed by atoms with Gasteiger partial charge in [-0.1, -0.05) is 13.0 Å². The number of amides is 1. The Kier molecular flexibility index (Phi) is 7.38. The number of anilines is 1. The summed E-state index contributed by atoms with van der Waals surface area (Å²) in [5.74, 6) is -0.416. The molecule has 0 bridgehead atoms. The molecule has 0 fully saturated rings. The van der Waals surface area contributed by atoms with E-state index in [1.807, 2.05) is 12.1 Å². The van der Waals surface area contributed by atoms with Crippen molar-refractivity contribution >= 4 is 11.6 Å². The number of halogens is 3. The number of nitrogens with zero attached hydrogens (tertiary/aromatic N) is 2. The molecule has 1 N–H and O–H groups in total. The van der Waals surface area contributed by atoms with Crippen molar-refractivity contribution in [1.82, 2.24) is 9.80 Å². The molecular formula is C24H30F3N3O. The first-order valence-electron chi connectivity index (χ1n) is 10.7. The van der Waals surface area contributed by atoms with Crippen molar-refractivity contribution in [2.24, 2.45) is 0 Å². The zero-order valence-electron chi connectivity index (χ0n) is 18.3. The van der Waals surface area contributed by atoms with Crippen LogP contribution in [0.4, 0.5) is 18.9 Å². The van der Waals surface area contributed by atoms with Crippen molar-refractivity contribution in [3.05, 3.63) is 64.7 Å². The summed E-state index contributed by atoms with van der Waals surface area (Å²) in [5, 5.41) is 2.85. The van der Waals surface area contributed by atoms with Crippen LogP contribution < -0.4 is 5.32 Å². The third kappa shape index (κ3) is 5.86. The highest BCUT2D eigenvalue weighted by molar-refractivity contribution is 6.04. The number of benzene rings is 2. The van der Waals surface area contributed by atoms with E-state index >= 15 is 0 Å². The molecule has 0 aromatic heterocycles. The van der Waals surface area contributed by atoms with Crippen LogP contribution in [-0.2, 0) is 12.6 Å². The first-order valence-corrected chi connectivity index (χ1v) is 10.7. The van der Waals surface area contributed by atoms with E-state index in [-0.39, 0.29) is 5.56 Å². The highest BCUT2D eigenvalue weighted by Crippen LogP contribution is 2.36. The Labute approximate surface area is 182 Å². The normalized spacial score (nSPS) is 16.5. The van der Waals surface area contributed by atoms with E-state index in [2.05, 4.69) is 42.2 Å². The topological polar surface area (TPSA) is 35.6 Å². The van der Waals surface area contributed by atoms with E-state index in [0.29, 0.717) is 11.7 Å². The van der Waals surface area contributed by atoms with Gasteiger partial charge in [-0.15, -0.1) is 0 Å². The van der Waals surface area contributed by atoms with Gasteiger partial charge in [0.05, 0.1) is 5.56 Å². The van der Waals surface area contributed by atoms with Crippen LogP contribution in [0, 0.1) is 0 Å². The lowest BCUT2D eigenvalue weighted by Gasteiger charge is -2.36. The van der Waals surface area contributed by atoms with Gasteiger partial charge >= 0.3 is 6.18 Å². The minimum atomic E-state index is -4.42. The van der Waals surface area contributed by atoms with E-state index in [1.165, 1.54) is 23.3 Å². The maximum absolute atomic E-state index is 12.8. The summed E-state index contributed by atoms with van der Waals surface area (Å²) < 4.78 is 38.3. The SMILES string of the molecule is CCN(CCN(C)C)C1CCCc2ccc(NC(=O)c3ccc(C(F)(F)F)cc3)cc21. The number of nitrogens with one attached hydrogen (secondary N) is 1. The van der Waals surface area contributed by atoms with Gasteiger partial charge in [-0.2, -0.15) is 13.2 Å². The molecule has 2 aromatic rings. The molecule has 1 unspecified atom stereocenters. The Hall–Kier alpha value is -2.38. The number of likely N-dealkylation sites (N-methyl/N-ethyl adjacent to an activating group) is 2. The molecular weight excluding hydrogens is 403 g/mol. The standard InChI is InChI=1S/C24H30F3N3O/c1-4-30(15-14-29(2)3)22-7-5-6-17-10-13-20(16-21(17)22)28-23(31)18-8-11-19(12-9-18)24(25,26)27/h8-13,16,22H,4-7,14-15H2,1-3H3,(H,28,31). The fourth-order valence-corrected chi connectivity index (χ4v) is 4.11. The second-order valence-corrected chi connectivity index (χ2v) is 8.28. The lowest BCUT2D eigenvalue weighted by molar-refractivity contribution is -0.137. The van der Waals surface area contributed by atoms with Crippen LogP contribution in [0.25, 0.3) is 0 Å². The number of aryl methyl sites for hydroxylation is 1. The second kappa shape index (κ2) is 9.83. The molecule has 0 saturated carbocycles. The Morgan fingerprint density at radius 1 is 1.10 bits per heavy atom. The van der Waals surface area contributed by atoms with Gasteiger partial charge in [0.25, 0.3) is 5.91 Å². The predicted molar refractivity (Wildman–Crippen MR) is 117 cm³/mol. The Bertz CT molecular complexity index is 894. The summed E-state index contributed by atoms with van der Waals surface area (Å²) in [6, 6.07) is 10.5. The molecule has 1 aliphatic rings. The average Bonchev–Trinajstić information content (AvgIpc) is 2.73. The van der Waals surface area contributed by atoms with Crippen molar-refractivity contribution in [2.45, 2.75) is 38.4 Å². The van der Waals surface area contributed by atoms with Crippen LogP contribution >= 0.6 is 0 Å². The van der Waals surface area contributed by atoms with Gasteiger partial charge in [0.15, 0.2) is 0 Å². The zero-order chi connectivity index (χ0) is 22.6. The molecule has 0 spiro atoms. The number of hydrogen-bond acceptors (Lipinski definition) is 3. The monoisotopic (exact) mass is 433 g/mol. The molecule has 0 radical (unpaired) electrons. The van der Waals surface area contributed by atoms with Crippen LogP contribution in [0.3, 0.4) is 0 Å². The van der Waals surface area contributed by atoms with Gasteiger partial charge in [-0.3, -0.25) is 9.69 Å². The van der Waals surface area contributed by atoms with E-state index in [0.717, 1.165) is 51.0 Å². The highest BCUT2D eigenvalue weighted by Gasteiger charge is 2.30. The van der Waals surface area contributed by atoms with Gasteiger partial charge in [-0.05, 0) is 87.4 Å². The summed E-state index contributed by atoms with van der Waals surface area (Å²) in [7, 11) is 4.13. The summed E-state index contributed by atoms with van der Waals surface area (Å²) in [6.07, 6.45) is -1.19. The molecule has 0 saturated heterocycles. The predicted octanol–water partition coefficient (Wildman–Crippen LogP) is 5.22. The number of hydrogen-bond donors (Lipinski definition) is 1. The van der Waals surface area contributed by atoms with Crippen molar-refractivity contribution in [2.75, 3.05) is 39.0 Å². The van der Waals surface area contributed by atoms with Crippen LogP contribution in [0.5, 0.6) is 0 Å². The molecule has 1 aliphatic carbocycles. The number of carbonyl (C=O) groups is 1. The molecule has 2 aromatic carbocycles. The molecule has 1 atom stereocenters. The van der Waals surface area contributed by atoms with Crippen LogP contribution in [0.15, 0.2) is 42.5 Å². The Morgan fingerprint density at radius 3 is 2.42 bits per heavy atom. The van der Waals surface area contributed by atoms with Gasteiger partial charge < -0.3 is 10.2 Å². The summed E-state index contributed by atoms with van der Waals surface area (Å²) in [4.78, 5) is 17.2. The van der Waals surface area contributed by atoms with Crippen molar-refractivity contribution in [3.8, 4) is 0 Å². The fourth-order valence-electron chi connectivity index (χ4n) is 4.11. The molecule has 0 heterocycles. The van der Waals surface area contributed by atoms with Crippen LogP contribution in [0.1, 0.15) is 52.9 Å². The Morgan fingerprint density at radius 2 is 1.81 bits per heavy atom. The van der Waals surface area contributed by atoms with Crippen molar-refractivity contribution in [3.63, 3.8) is 0 Å². The molecule has 0 aliphatic heterocycles. The molecule has 1 amide bonds. The smallest absolute Gasteiger partial charge is 0.322 e. The lowest BCUT2D eigenvalue weighted by Crippen LogP contribution is -2.36. The second-order valence-electron chi connectivity index (χ2n) is 8.28. The fraction of sp³-hybridized carbons (Fsp3) is 0.458. The maximum atomic E-state index is 12.8. The van der Waals surface area contributed by atoms with Crippen LogP contribution in [-0.4, -0.2) is 49.4 Å². The molecule has 7 heteroatoms. The number of alkyl halides is 3. The van der Waals surface area contributed by atoms with Gasteiger partial charge in [-0.25, -0.2) is 0 Å². The number of fused-ring (bicyclic) bond motifs is 1. The lowest BCUT2D eigenvalue weighted by atomic mass is 9.86. The minimum Gasteiger partial charge on any atom is -0.322 e. The minimum absolute atomic E-state index is 0.198. The quantitative estimate of drug-likeness (QED) is 0.650. The zero-order valence-corrected chi connectivity index (χ0v) is 18.3. The first-order chi connectivity index (χ1) is 14.7.